The van der Waals surface area contributed by atoms with Crippen molar-refractivity contribution >= 4 is 11.6 Å². The molecule has 0 saturated carbocycles. The van der Waals surface area contributed by atoms with Crippen LogP contribution in [-0.2, 0) is 0 Å². The van der Waals surface area contributed by atoms with E-state index < -0.39 is 0 Å². The number of anilines is 1. The molecular formula is C17H27N3O. The van der Waals surface area contributed by atoms with Crippen molar-refractivity contribution in [3.05, 3.63) is 29.8 Å². The number of nitrogens with zero attached hydrogens (tertiary/aromatic N) is 2. The molecule has 1 fully saturated rings. The van der Waals surface area contributed by atoms with Gasteiger partial charge < -0.3 is 15.1 Å². The molecule has 0 aromatic heterocycles. The number of amides is 1. The van der Waals surface area contributed by atoms with E-state index in [-0.39, 0.29) is 5.91 Å². The third-order valence-corrected chi connectivity index (χ3v) is 4.03. The van der Waals surface area contributed by atoms with Gasteiger partial charge in [-0.15, -0.1) is 0 Å². The van der Waals surface area contributed by atoms with Gasteiger partial charge in [-0.1, -0.05) is 13.3 Å². The van der Waals surface area contributed by atoms with Gasteiger partial charge in [0.1, 0.15) is 0 Å². The van der Waals surface area contributed by atoms with Gasteiger partial charge in [-0.25, -0.2) is 0 Å². The predicted octanol–water partition coefficient (Wildman–Crippen LogP) is 2.36. The molecule has 0 radical (unpaired) electrons. The molecule has 0 atom stereocenters. The maximum Gasteiger partial charge on any atom is 0.253 e. The first-order valence-corrected chi connectivity index (χ1v) is 8.03. The van der Waals surface area contributed by atoms with E-state index in [9.17, 15) is 4.79 Å². The van der Waals surface area contributed by atoms with E-state index in [4.69, 9.17) is 0 Å². The molecule has 1 N–H and O–H groups in total. The molecule has 4 nitrogen and oxygen atoms in total. The van der Waals surface area contributed by atoms with Crippen LogP contribution in [-0.4, -0.2) is 50.6 Å². The molecule has 0 spiro atoms. The summed E-state index contributed by atoms with van der Waals surface area (Å²) in [5, 5.41) is 3.33. The Morgan fingerprint density at radius 2 is 2.00 bits per heavy atom. The summed E-state index contributed by atoms with van der Waals surface area (Å²) in [5.41, 5.74) is 1.97. The second kappa shape index (κ2) is 8.03. The lowest BCUT2D eigenvalue weighted by Crippen LogP contribution is -2.34. The van der Waals surface area contributed by atoms with Crippen LogP contribution in [0.1, 0.15) is 36.5 Å². The van der Waals surface area contributed by atoms with Gasteiger partial charge in [0.2, 0.25) is 0 Å². The van der Waals surface area contributed by atoms with Crippen molar-refractivity contribution in [2.75, 3.05) is 44.7 Å². The highest BCUT2D eigenvalue weighted by atomic mass is 16.2. The molecule has 116 valence electrons. The standard InChI is InChI=1S/C17H27N3O/c1-3-4-12-19(2)16-8-6-15(7-9-16)17(21)20-13-5-10-18-11-14-20/h6-9,18H,3-5,10-14H2,1-2H3. The Balaban J connectivity index is 1.98. The minimum Gasteiger partial charge on any atom is -0.375 e. The van der Waals surface area contributed by atoms with Crippen LogP contribution in [0.3, 0.4) is 0 Å². The zero-order valence-electron chi connectivity index (χ0n) is 13.3. The maximum absolute atomic E-state index is 12.5. The number of carbonyl (C=O) groups excluding carboxylic acids is 1. The van der Waals surface area contributed by atoms with Crippen LogP contribution >= 0.6 is 0 Å². The summed E-state index contributed by atoms with van der Waals surface area (Å²) < 4.78 is 0. The second-order valence-electron chi connectivity index (χ2n) is 5.72. The van der Waals surface area contributed by atoms with Crippen LogP contribution < -0.4 is 10.2 Å². The topological polar surface area (TPSA) is 35.6 Å². The molecule has 4 heteroatoms. The minimum atomic E-state index is 0.154. The number of unbranched alkanes of at least 4 members (excludes halogenated alkanes) is 1. The van der Waals surface area contributed by atoms with E-state index in [1.807, 2.05) is 17.0 Å². The fourth-order valence-electron chi connectivity index (χ4n) is 2.61. The van der Waals surface area contributed by atoms with Crippen molar-refractivity contribution in [3.63, 3.8) is 0 Å². The summed E-state index contributed by atoms with van der Waals surface area (Å²) in [5.74, 6) is 0.154. The van der Waals surface area contributed by atoms with E-state index >= 15 is 0 Å². The quantitative estimate of drug-likeness (QED) is 0.904. The first-order valence-electron chi connectivity index (χ1n) is 8.03. The maximum atomic E-state index is 12.5. The van der Waals surface area contributed by atoms with Gasteiger partial charge in [0.05, 0.1) is 0 Å². The fraction of sp³-hybridized carbons (Fsp3) is 0.588. The molecular weight excluding hydrogens is 262 g/mol. The number of rotatable bonds is 5. The first kappa shape index (κ1) is 15.8. The van der Waals surface area contributed by atoms with Crippen molar-refractivity contribution in [1.29, 1.82) is 0 Å². The van der Waals surface area contributed by atoms with Gasteiger partial charge in [0, 0.05) is 44.5 Å². The van der Waals surface area contributed by atoms with Crippen molar-refractivity contribution in [2.24, 2.45) is 0 Å². The zero-order valence-corrected chi connectivity index (χ0v) is 13.3. The molecule has 0 aliphatic carbocycles. The molecule has 1 saturated heterocycles. The summed E-state index contributed by atoms with van der Waals surface area (Å²) >= 11 is 0. The van der Waals surface area contributed by atoms with Crippen molar-refractivity contribution in [1.82, 2.24) is 10.2 Å². The molecule has 21 heavy (non-hydrogen) atoms. The van der Waals surface area contributed by atoms with Crippen molar-refractivity contribution < 1.29 is 4.79 Å². The molecule has 1 aliphatic heterocycles. The predicted molar refractivity (Wildman–Crippen MR) is 88.0 cm³/mol. The largest absolute Gasteiger partial charge is 0.375 e. The third-order valence-electron chi connectivity index (χ3n) is 4.03. The van der Waals surface area contributed by atoms with Crippen LogP contribution in [0.2, 0.25) is 0 Å². The summed E-state index contributed by atoms with van der Waals surface area (Å²) in [6.07, 6.45) is 3.42. The molecule has 0 unspecified atom stereocenters. The summed E-state index contributed by atoms with van der Waals surface area (Å²) in [7, 11) is 2.10. The molecule has 0 bridgehead atoms. The van der Waals surface area contributed by atoms with Gasteiger partial charge in [-0.2, -0.15) is 0 Å². The lowest BCUT2D eigenvalue weighted by molar-refractivity contribution is 0.0766. The highest BCUT2D eigenvalue weighted by molar-refractivity contribution is 5.94. The average Bonchev–Trinajstić information content (AvgIpc) is 2.81. The van der Waals surface area contributed by atoms with Gasteiger partial charge >= 0.3 is 0 Å². The van der Waals surface area contributed by atoms with Crippen molar-refractivity contribution in [3.8, 4) is 0 Å². The monoisotopic (exact) mass is 289 g/mol. The van der Waals surface area contributed by atoms with E-state index in [1.165, 1.54) is 18.5 Å². The van der Waals surface area contributed by atoms with Gasteiger partial charge in [-0.05, 0) is 43.7 Å². The highest BCUT2D eigenvalue weighted by Gasteiger charge is 2.17. The number of carbonyl (C=O) groups is 1. The number of hydrogen-bond acceptors (Lipinski definition) is 3. The fourth-order valence-corrected chi connectivity index (χ4v) is 2.61. The van der Waals surface area contributed by atoms with E-state index in [0.717, 1.165) is 44.7 Å². The molecule has 1 amide bonds. The lowest BCUT2D eigenvalue weighted by atomic mass is 10.1. The van der Waals surface area contributed by atoms with Gasteiger partial charge in [0.25, 0.3) is 5.91 Å². The number of benzene rings is 1. The summed E-state index contributed by atoms with van der Waals surface area (Å²) in [4.78, 5) is 16.7. The van der Waals surface area contributed by atoms with Crippen LogP contribution in [0.5, 0.6) is 0 Å². The minimum absolute atomic E-state index is 0.154. The van der Waals surface area contributed by atoms with E-state index in [1.54, 1.807) is 0 Å². The van der Waals surface area contributed by atoms with Crippen LogP contribution in [0.4, 0.5) is 5.69 Å². The van der Waals surface area contributed by atoms with Gasteiger partial charge in [-0.3, -0.25) is 4.79 Å². The van der Waals surface area contributed by atoms with Crippen molar-refractivity contribution in [2.45, 2.75) is 26.2 Å². The second-order valence-corrected chi connectivity index (χ2v) is 5.72. The summed E-state index contributed by atoms with van der Waals surface area (Å²) in [6.45, 7) is 6.81. The van der Waals surface area contributed by atoms with Gasteiger partial charge in [0.15, 0.2) is 0 Å². The molecule has 2 rings (SSSR count). The Labute approximate surface area is 128 Å². The lowest BCUT2D eigenvalue weighted by Gasteiger charge is -2.22. The van der Waals surface area contributed by atoms with E-state index in [0.29, 0.717) is 0 Å². The summed E-state index contributed by atoms with van der Waals surface area (Å²) in [6, 6.07) is 8.02. The number of hydrogen-bond donors (Lipinski definition) is 1. The average molecular weight is 289 g/mol. The zero-order chi connectivity index (χ0) is 15.1. The Hall–Kier alpha value is -1.55. The van der Waals surface area contributed by atoms with Crippen LogP contribution in [0, 0.1) is 0 Å². The smallest absolute Gasteiger partial charge is 0.253 e. The van der Waals surface area contributed by atoms with Crippen LogP contribution in [0.25, 0.3) is 0 Å². The normalized spacial score (nSPS) is 15.6. The molecule has 1 heterocycles. The Kier molecular flexibility index (Phi) is 6.05. The Morgan fingerprint density at radius 1 is 1.24 bits per heavy atom. The third kappa shape index (κ3) is 4.46. The first-order chi connectivity index (χ1) is 10.2. The molecule has 1 aromatic carbocycles. The molecule has 1 aliphatic rings. The van der Waals surface area contributed by atoms with Crippen LogP contribution in [0.15, 0.2) is 24.3 Å². The SMILES string of the molecule is CCCCN(C)c1ccc(C(=O)N2CCCNCC2)cc1. The number of nitrogens with one attached hydrogen (secondary N) is 1. The van der Waals surface area contributed by atoms with E-state index in [2.05, 4.69) is 36.3 Å². The Bertz CT molecular complexity index is 436. The molecule has 1 aromatic rings. The Morgan fingerprint density at radius 3 is 2.71 bits per heavy atom. The highest BCUT2D eigenvalue weighted by Crippen LogP contribution is 2.16.